The van der Waals surface area contributed by atoms with Crippen LogP contribution in [-0.2, 0) is 19.2 Å². The van der Waals surface area contributed by atoms with Gasteiger partial charge in [0.15, 0.2) is 0 Å². The second kappa shape index (κ2) is 9.29. The molecule has 1 aromatic rings. The maximum atomic E-state index is 2.62. The van der Waals surface area contributed by atoms with Crippen molar-refractivity contribution >= 4 is 6.08 Å². The van der Waals surface area contributed by atoms with Crippen LogP contribution in [0.2, 0.25) is 0 Å². The Hall–Kier alpha value is -0.266. The van der Waals surface area contributed by atoms with Crippen molar-refractivity contribution in [2.24, 2.45) is 11.8 Å². The summed E-state index contributed by atoms with van der Waals surface area (Å²) in [5, 5.41) is 0. The first kappa shape index (κ1) is 22.0. The minimum absolute atomic E-state index is 0. The Morgan fingerprint density at radius 2 is 1.73 bits per heavy atom. The zero-order valence-corrected chi connectivity index (χ0v) is 19.1. The molecule has 0 bridgehead atoms. The Balaban J connectivity index is 0.00000121. The van der Waals surface area contributed by atoms with Gasteiger partial charge in [0, 0.05) is 0 Å². The molecule has 1 aromatic carbocycles. The molecule has 0 N–H and O–H groups in total. The molecule has 0 aromatic heterocycles. The zero-order valence-electron chi connectivity index (χ0n) is 16.0. The van der Waals surface area contributed by atoms with Gasteiger partial charge in [-0.15, -0.1) is 0 Å². The van der Waals surface area contributed by atoms with E-state index < -0.39 is 0 Å². The molecule has 0 saturated heterocycles. The van der Waals surface area contributed by atoms with Crippen LogP contribution in [0, 0.1) is 11.8 Å². The molecule has 0 amide bonds. The van der Waals surface area contributed by atoms with E-state index in [1.165, 1.54) is 37.7 Å². The number of rotatable bonds is 4. The molecule has 0 aliphatic heterocycles. The van der Waals surface area contributed by atoms with Crippen molar-refractivity contribution in [2.75, 3.05) is 0 Å². The van der Waals surface area contributed by atoms with Crippen LogP contribution in [0.25, 0.3) is 6.08 Å². The number of benzene rings is 1. The van der Waals surface area contributed by atoms with Gasteiger partial charge < -0.3 is 24.8 Å². The van der Waals surface area contributed by atoms with E-state index >= 15 is 0 Å². The van der Waals surface area contributed by atoms with Gasteiger partial charge >= 0.3 is 156 Å². The van der Waals surface area contributed by atoms with Crippen LogP contribution in [0.3, 0.4) is 0 Å². The van der Waals surface area contributed by atoms with E-state index in [0.29, 0.717) is 5.92 Å². The van der Waals surface area contributed by atoms with Gasteiger partial charge in [-0.2, -0.15) is 0 Å². The van der Waals surface area contributed by atoms with Gasteiger partial charge in [0.25, 0.3) is 0 Å². The second-order valence-corrected chi connectivity index (χ2v) is 10.3. The monoisotopic (exact) mass is 422 g/mol. The molecule has 0 fully saturated rings. The molecule has 4 rings (SSSR count). The quantitative estimate of drug-likeness (QED) is 0.625. The van der Waals surface area contributed by atoms with Crippen molar-refractivity contribution in [1.29, 1.82) is 0 Å². The van der Waals surface area contributed by atoms with E-state index in [4.69, 9.17) is 0 Å². The van der Waals surface area contributed by atoms with E-state index in [1.807, 2.05) is 0 Å². The van der Waals surface area contributed by atoms with Crippen molar-refractivity contribution in [3.05, 3.63) is 60.4 Å². The summed E-state index contributed by atoms with van der Waals surface area (Å²) in [4.78, 5) is 0. The minimum atomic E-state index is -0.162. The first-order chi connectivity index (χ1) is 11.6. The van der Waals surface area contributed by atoms with Gasteiger partial charge in [-0.05, 0) is 0 Å². The third-order valence-corrected chi connectivity index (χ3v) is 8.50. The number of hydrogen-bond donors (Lipinski definition) is 0. The summed E-state index contributed by atoms with van der Waals surface area (Å²) in [7, 11) is 0. The summed E-state index contributed by atoms with van der Waals surface area (Å²) in [5.41, 5.74) is 6.58. The molecule has 0 spiro atoms. The third kappa shape index (κ3) is 4.25. The Morgan fingerprint density at radius 1 is 1.00 bits per heavy atom. The molecular formula is C23H28Cl2Ti. The Labute approximate surface area is 180 Å². The van der Waals surface area contributed by atoms with Crippen molar-refractivity contribution < 1.29 is 44.0 Å². The van der Waals surface area contributed by atoms with Gasteiger partial charge in [0.1, 0.15) is 0 Å². The average molecular weight is 423 g/mol. The molecule has 3 heteroatoms. The van der Waals surface area contributed by atoms with E-state index in [1.54, 1.807) is 24.5 Å². The second-order valence-electron chi connectivity index (χ2n) is 8.11. The third-order valence-electron chi connectivity index (χ3n) is 5.93. The predicted molar refractivity (Wildman–Crippen MR) is 99.4 cm³/mol. The molecule has 3 aliphatic rings. The summed E-state index contributed by atoms with van der Waals surface area (Å²) in [5.74, 6) is 2.19. The normalized spacial score (nSPS) is 23.4. The number of fused-ring (bicyclic) bond motifs is 1. The Kier molecular flexibility index (Phi) is 7.87. The van der Waals surface area contributed by atoms with Gasteiger partial charge in [-0.3, -0.25) is 0 Å². The molecule has 0 heterocycles. The van der Waals surface area contributed by atoms with Crippen molar-refractivity contribution in [1.82, 2.24) is 0 Å². The van der Waals surface area contributed by atoms with Crippen LogP contribution in [0.15, 0.2) is 49.2 Å². The van der Waals surface area contributed by atoms with Crippen LogP contribution in [0.4, 0.5) is 0 Å². The smallest absolute Gasteiger partial charge is 1.00 e. The maximum absolute atomic E-state index is 2.62. The van der Waals surface area contributed by atoms with E-state index in [0.717, 1.165) is 11.8 Å². The summed E-state index contributed by atoms with van der Waals surface area (Å²) < 4.78 is 3.58. The fraction of sp³-hybridized carbons (Fsp3) is 0.478. The summed E-state index contributed by atoms with van der Waals surface area (Å²) in [6, 6.07) is 9.11. The molecule has 26 heavy (non-hydrogen) atoms. The fourth-order valence-electron chi connectivity index (χ4n) is 4.67. The molecule has 0 radical (unpaired) electrons. The molecule has 3 aliphatic carbocycles. The van der Waals surface area contributed by atoms with Crippen LogP contribution in [0.1, 0.15) is 69.9 Å². The number of halogens is 2. The van der Waals surface area contributed by atoms with Gasteiger partial charge in [0.2, 0.25) is 0 Å². The van der Waals surface area contributed by atoms with Crippen molar-refractivity contribution in [3.8, 4) is 0 Å². The van der Waals surface area contributed by atoms with Crippen LogP contribution >= 0.6 is 0 Å². The topological polar surface area (TPSA) is 0 Å². The summed E-state index contributed by atoms with van der Waals surface area (Å²) >= 11 is -0.162. The Bertz CT molecular complexity index is 742. The van der Waals surface area contributed by atoms with Crippen LogP contribution in [0.5, 0.6) is 0 Å². The molecular weight excluding hydrogens is 395 g/mol. The SMILES string of the molecule is CC(C)CC1[C]([Ti+2][C]2=CC3=C(CCCC3)C2C)=Cc2ccccc21.[Cl-].[Cl-]. The van der Waals surface area contributed by atoms with E-state index in [9.17, 15) is 0 Å². The van der Waals surface area contributed by atoms with Crippen LogP contribution < -0.4 is 24.8 Å². The number of hydrogen-bond acceptors (Lipinski definition) is 0. The molecule has 2 atom stereocenters. The fourth-order valence-corrected chi connectivity index (χ4v) is 7.24. The van der Waals surface area contributed by atoms with Gasteiger partial charge in [0.05, 0.1) is 0 Å². The first-order valence-electron chi connectivity index (χ1n) is 9.64. The van der Waals surface area contributed by atoms with Crippen molar-refractivity contribution in [2.45, 2.75) is 58.8 Å². The first-order valence-corrected chi connectivity index (χ1v) is 11.2. The molecule has 0 nitrogen and oxygen atoms in total. The molecule has 0 saturated carbocycles. The van der Waals surface area contributed by atoms with Gasteiger partial charge in [-0.25, -0.2) is 0 Å². The van der Waals surface area contributed by atoms with Crippen LogP contribution in [-0.4, -0.2) is 0 Å². The summed E-state index contributed by atoms with van der Waals surface area (Å²) in [6.07, 6.45) is 12.0. The van der Waals surface area contributed by atoms with E-state index in [2.05, 4.69) is 57.2 Å². The van der Waals surface area contributed by atoms with Gasteiger partial charge in [-0.1, -0.05) is 0 Å². The Morgan fingerprint density at radius 3 is 2.46 bits per heavy atom. The molecule has 138 valence electrons. The van der Waals surface area contributed by atoms with E-state index in [-0.39, 0.29) is 44.0 Å². The predicted octanol–water partition coefficient (Wildman–Crippen LogP) is 0.666. The average Bonchev–Trinajstić information content (AvgIpc) is 3.07. The maximum Gasteiger partial charge on any atom is -1.00 e. The number of allylic oxidation sites excluding steroid dienone is 5. The largest absolute Gasteiger partial charge is 1.00 e. The molecule has 2 unspecified atom stereocenters. The standard InChI is InChI=1S/C13H15.C10H13.2ClH.Ti/c1-10(2)9-12-8-7-11-5-3-4-6-13(11)12;1-8-6-7-9-4-2-3-5-10(8)9;;;/h3-7,10,12H,9H2,1-2H3;7-8H,2-5H2,1H3;2*1H;/q;;;;+2/p-2. The van der Waals surface area contributed by atoms with Crippen molar-refractivity contribution in [3.63, 3.8) is 0 Å². The zero-order chi connectivity index (χ0) is 16.7. The summed E-state index contributed by atoms with van der Waals surface area (Å²) in [6.45, 7) is 7.22. The minimum Gasteiger partial charge on any atom is -1.00 e.